The zero-order chi connectivity index (χ0) is 25.6. The van der Waals surface area contributed by atoms with E-state index in [4.69, 9.17) is 14.2 Å². The number of hydrogen-bond donors (Lipinski definition) is 3. The molecule has 3 fully saturated rings. The zero-order valence-corrected chi connectivity index (χ0v) is 21.5. The molecule has 3 N–H and O–H groups in total. The lowest BCUT2D eigenvalue weighted by molar-refractivity contribution is -0.214. The number of ketones is 2. The second-order valence-electron chi connectivity index (χ2n) is 11.3. The smallest absolute Gasteiger partial charge is 0.192 e. The molecule has 4 aliphatic carbocycles. The summed E-state index contributed by atoms with van der Waals surface area (Å²) in [5.74, 6) is -0.578. The highest BCUT2D eigenvalue weighted by Gasteiger charge is 2.72. The van der Waals surface area contributed by atoms with Crippen molar-refractivity contribution in [3.8, 4) is 0 Å². The van der Waals surface area contributed by atoms with Crippen LogP contribution in [0.4, 0.5) is 0 Å². The van der Waals surface area contributed by atoms with E-state index in [0.29, 0.717) is 32.5 Å². The molecule has 8 nitrogen and oxygen atoms in total. The number of Topliss-reactive ketones (excluding diaryl/α,β-unsaturated/α-hetero) is 1. The Morgan fingerprint density at radius 3 is 2.51 bits per heavy atom. The third-order valence-corrected chi connectivity index (χ3v) is 9.80. The predicted molar refractivity (Wildman–Crippen MR) is 127 cm³/mol. The highest BCUT2D eigenvalue weighted by Crippen LogP contribution is 2.68. The highest BCUT2D eigenvalue weighted by atomic mass is 16.7. The summed E-state index contributed by atoms with van der Waals surface area (Å²) in [5, 5.41) is 33.4. The fraction of sp³-hybridized carbons (Fsp3) is 0.852. The van der Waals surface area contributed by atoms with Crippen molar-refractivity contribution in [1.82, 2.24) is 0 Å². The Hall–Kier alpha value is -1.16. The Labute approximate surface area is 208 Å². The second-order valence-corrected chi connectivity index (χ2v) is 11.3. The van der Waals surface area contributed by atoms with E-state index in [2.05, 4.69) is 6.92 Å². The molecule has 35 heavy (non-hydrogen) atoms. The maximum atomic E-state index is 13.1. The Morgan fingerprint density at radius 1 is 1.20 bits per heavy atom. The van der Waals surface area contributed by atoms with Gasteiger partial charge >= 0.3 is 0 Å². The quantitative estimate of drug-likeness (QED) is 0.417. The van der Waals surface area contributed by atoms with Crippen LogP contribution in [-0.2, 0) is 23.8 Å². The predicted octanol–water partition coefficient (Wildman–Crippen LogP) is 2.18. The van der Waals surface area contributed by atoms with Gasteiger partial charge in [0, 0.05) is 25.0 Å². The number of aliphatic hydroxyl groups excluding tert-OH is 2. The van der Waals surface area contributed by atoms with Crippen LogP contribution in [-0.4, -0.2) is 77.4 Å². The molecule has 0 amide bonds. The lowest BCUT2D eigenvalue weighted by Gasteiger charge is -2.60. The van der Waals surface area contributed by atoms with Gasteiger partial charge < -0.3 is 29.5 Å². The van der Waals surface area contributed by atoms with Crippen LogP contribution in [0, 0.1) is 28.6 Å². The van der Waals surface area contributed by atoms with Crippen molar-refractivity contribution >= 4 is 11.6 Å². The van der Waals surface area contributed by atoms with Crippen LogP contribution in [0.15, 0.2) is 11.6 Å². The lowest BCUT2D eigenvalue weighted by atomic mass is 9.45. The number of hydrogen-bond acceptors (Lipinski definition) is 8. The van der Waals surface area contributed by atoms with Gasteiger partial charge in [-0.3, -0.25) is 9.59 Å². The Balaban J connectivity index is 1.67. The van der Waals surface area contributed by atoms with Crippen molar-refractivity contribution in [2.24, 2.45) is 28.6 Å². The second kappa shape index (κ2) is 9.95. The molecule has 2 unspecified atom stereocenters. The van der Waals surface area contributed by atoms with Crippen molar-refractivity contribution < 1.29 is 39.1 Å². The normalized spacial score (nSPS) is 42.9. The first-order valence-electron chi connectivity index (χ1n) is 13.2. The Kier molecular flexibility index (Phi) is 7.65. The summed E-state index contributed by atoms with van der Waals surface area (Å²) in [5.41, 5.74) is -2.03. The number of fused-ring (bicyclic) bond motifs is 5. The molecule has 198 valence electrons. The SMILES string of the molecule is CCOC(COC1C[C@H]2[C@@H]3CCC4=CC(=O)CC[C@]4(C)[C@H]3C(O)C[C@]2(C)[C@@]1(O)C(=O)CO)OCC. The summed E-state index contributed by atoms with van der Waals surface area (Å²) in [6.45, 7) is 7.88. The summed E-state index contributed by atoms with van der Waals surface area (Å²) in [6.07, 6.45) is 3.02. The summed E-state index contributed by atoms with van der Waals surface area (Å²) < 4.78 is 17.3. The first-order valence-corrected chi connectivity index (χ1v) is 13.2. The summed E-state index contributed by atoms with van der Waals surface area (Å²) in [4.78, 5) is 25.2. The molecule has 0 bridgehead atoms. The molecular formula is C27H42O8. The van der Waals surface area contributed by atoms with Crippen molar-refractivity contribution in [3.05, 3.63) is 11.6 Å². The average Bonchev–Trinajstić information content (AvgIpc) is 3.04. The number of carbonyl (C=O) groups excluding carboxylic acids is 2. The van der Waals surface area contributed by atoms with Crippen LogP contribution >= 0.6 is 0 Å². The minimum atomic E-state index is -1.93. The van der Waals surface area contributed by atoms with Gasteiger partial charge in [0.2, 0.25) is 0 Å². The van der Waals surface area contributed by atoms with E-state index in [1.807, 2.05) is 20.8 Å². The van der Waals surface area contributed by atoms with Gasteiger partial charge in [0.25, 0.3) is 0 Å². The summed E-state index contributed by atoms with van der Waals surface area (Å²) in [7, 11) is 0. The molecule has 0 heterocycles. The van der Waals surface area contributed by atoms with Crippen LogP contribution in [0.3, 0.4) is 0 Å². The van der Waals surface area contributed by atoms with Gasteiger partial charge in [0.05, 0.1) is 18.8 Å². The number of allylic oxidation sites excluding steroid dienone is 1. The van der Waals surface area contributed by atoms with Crippen LogP contribution in [0.2, 0.25) is 0 Å². The lowest BCUT2D eigenvalue weighted by Crippen LogP contribution is -2.64. The van der Waals surface area contributed by atoms with E-state index in [1.165, 1.54) is 0 Å². The van der Waals surface area contributed by atoms with Crippen LogP contribution in [0.25, 0.3) is 0 Å². The fourth-order valence-corrected chi connectivity index (χ4v) is 8.19. The van der Waals surface area contributed by atoms with Gasteiger partial charge in [-0.1, -0.05) is 19.4 Å². The monoisotopic (exact) mass is 494 g/mol. The van der Waals surface area contributed by atoms with Crippen LogP contribution in [0.1, 0.15) is 66.2 Å². The Morgan fingerprint density at radius 2 is 1.89 bits per heavy atom. The standard InChI is InChI=1S/C27H42O8/c1-5-33-23(34-6-2)15-35-22-12-19-18-8-7-16-11-17(29)9-10-25(16,3)24(18)20(30)13-26(19,4)27(22,32)21(31)14-28/h11,18-20,22-24,28,30,32H,5-10,12-15H2,1-4H3/t18-,19-,20?,22?,24+,25-,26-,27+/m0/s1. The number of aliphatic hydroxyl groups is 3. The number of ether oxygens (including phenoxy) is 3. The number of rotatable bonds is 9. The van der Waals surface area contributed by atoms with E-state index in [0.717, 1.165) is 18.4 Å². The van der Waals surface area contributed by atoms with Crippen molar-refractivity contribution in [3.63, 3.8) is 0 Å². The topological polar surface area (TPSA) is 123 Å². The summed E-state index contributed by atoms with van der Waals surface area (Å²) >= 11 is 0. The van der Waals surface area contributed by atoms with Crippen molar-refractivity contribution in [1.29, 1.82) is 0 Å². The van der Waals surface area contributed by atoms with Gasteiger partial charge in [0.1, 0.15) is 6.61 Å². The van der Waals surface area contributed by atoms with Gasteiger partial charge in [-0.2, -0.15) is 0 Å². The largest absolute Gasteiger partial charge is 0.393 e. The third kappa shape index (κ3) is 4.14. The van der Waals surface area contributed by atoms with E-state index in [-0.39, 0.29) is 42.0 Å². The van der Waals surface area contributed by atoms with Crippen molar-refractivity contribution in [2.75, 3.05) is 26.4 Å². The van der Waals surface area contributed by atoms with E-state index in [1.54, 1.807) is 6.08 Å². The molecule has 0 aliphatic heterocycles. The molecule has 0 aromatic heterocycles. The van der Waals surface area contributed by atoms with E-state index >= 15 is 0 Å². The van der Waals surface area contributed by atoms with Gasteiger partial charge in [-0.15, -0.1) is 0 Å². The van der Waals surface area contributed by atoms with Gasteiger partial charge in [-0.05, 0) is 75.2 Å². The van der Waals surface area contributed by atoms with Gasteiger partial charge in [0.15, 0.2) is 23.5 Å². The van der Waals surface area contributed by atoms with Gasteiger partial charge in [-0.25, -0.2) is 0 Å². The third-order valence-electron chi connectivity index (χ3n) is 9.80. The zero-order valence-electron chi connectivity index (χ0n) is 21.5. The summed E-state index contributed by atoms with van der Waals surface area (Å²) in [6, 6.07) is 0. The molecule has 0 aromatic carbocycles. The first-order chi connectivity index (χ1) is 16.6. The molecule has 3 saturated carbocycles. The minimum absolute atomic E-state index is 0.0551. The molecule has 8 heteroatoms. The Bertz CT molecular complexity index is 850. The highest BCUT2D eigenvalue weighted by molar-refractivity contribution is 5.92. The van der Waals surface area contributed by atoms with E-state index < -0.39 is 41.9 Å². The molecule has 4 rings (SSSR count). The first kappa shape index (κ1) is 26.9. The molecule has 8 atom stereocenters. The maximum Gasteiger partial charge on any atom is 0.192 e. The molecule has 0 radical (unpaired) electrons. The average molecular weight is 495 g/mol. The maximum absolute atomic E-state index is 13.1. The molecule has 0 spiro atoms. The fourth-order valence-electron chi connectivity index (χ4n) is 8.19. The molecule has 0 saturated heterocycles. The van der Waals surface area contributed by atoms with Crippen molar-refractivity contribution in [2.45, 2.75) is 90.3 Å². The molecular weight excluding hydrogens is 452 g/mol. The minimum Gasteiger partial charge on any atom is -0.393 e. The van der Waals surface area contributed by atoms with E-state index in [9.17, 15) is 24.9 Å². The number of carbonyl (C=O) groups is 2. The van der Waals surface area contributed by atoms with Crippen LogP contribution in [0.5, 0.6) is 0 Å². The van der Waals surface area contributed by atoms with Crippen LogP contribution < -0.4 is 0 Å². The molecule has 0 aromatic rings. The molecule has 4 aliphatic rings.